The molecule has 0 aliphatic carbocycles. The molecule has 106 valence electrons. The van der Waals surface area contributed by atoms with Crippen LogP contribution in [-0.4, -0.2) is 26.1 Å². The van der Waals surface area contributed by atoms with Crippen LogP contribution in [0, 0.1) is 0 Å². The van der Waals surface area contributed by atoms with Crippen molar-refractivity contribution in [1.29, 1.82) is 0 Å². The van der Waals surface area contributed by atoms with Gasteiger partial charge in [0.15, 0.2) is 11.5 Å². The van der Waals surface area contributed by atoms with Gasteiger partial charge in [-0.2, -0.15) is 0 Å². The number of hydrogen-bond donors (Lipinski definition) is 5. The topological polar surface area (TPSA) is 118 Å². The number of aromatic nitrogens is 2. The maximum absolute atomic E-state index is 12.0. The highest BCUT2D eigenvalue weighted by molar-refractivity contribution is 6.05. The number of aromatic amines is 2. The van der Waals surface area contributed by atoms with Crippen LogP contribution in [-0.2, 0) is 0 Å². The third-order valence-electron chi connectivity index (χ3n) is 3.01. The van der Waals surface area contributed by atoms with Gasteiger partial charge >= 0.3 is 5.69 Å². The number of phenolic OH excluding ortho intramolecular Hbond substituents is 2. The zero-order valence-electron chi connectivity index (χ0n) is 10.7. The van der Waals surface area contributed by atoms with E-state index in [1.165, 1.54) is 18.2 Å². The summed E-state index contributed by atoms with van der Waals surface area (Å²) in [5, 5.41) is 21.2. The second-order valence-electron chi connectivity index (χ2n) is 4.50. The minimum atomic E-state index is -0.442. The van der Waals surface area contributed by atoms with Crippen LogP contribution in [0.4, 0.5) is 5.69 Å². The molecule has 3 rings (SSSR count). The van der Waals surface area contributed by atoms with Gasteiger partial charge in [-0.3, -0.25) is 4.79 Å². The van der Waals surface area contributed by atoms with Gasteiger partial charge in [-0.1, -0.05) is 0 Å². The average Bonchev–Trinajstić information content (AvgIpc) is 2.81. The molecule has 7 heteroatoms. The second kappa shape index (κ2) is 4.71. The number of nitrogens with one attached hydrogen (secondary N) is 3. The Morgan fingerprint density at radius 3 is 2.48 bits per heavy atom. The van der Waals surface area contributed by atoms with Gasteiger partial charge in [-0.15, -0.1) is 0 Å². The van der Waals surface area contributed by atoms with Crippen molar-refractivity contribution in [3.63, 3.8) is 0 Å². The summed E-state index contributed by atoms with van der Waals surface area (Å²) >= 11 is 0. The molecule has 21 heavy (non-hydrogen) atoms. The Balaban J connectivity index is 1.88. The molecule has 7 nitrogen and oxygen atoms in total. The summed E-state index contributed by atoms with van der Waals surface area (Å²) in [6.07, 6.45) is 0. The molecule has 0 radical (unpaired) electrons. The first-order valence-corrected chi connectivity index (χ1v) is 6.08. The lowest BCUT2D eigenvalue weighted by Gasteiger charge is -2.06. The van der Waals surface area contributed by atoms with Gasteiger partial charge in [0.05, 0.1) is 11.0 Å². The number of phenols is 2. The predicted molar refractivity (Wildman–Crippen MR) is 76.6 cm³/mol. The van der Waals surface area contributed by atoms with Crippen molar-refractivity contribution >= 4 is 22.6 Å². The molecule has 3 aromatic rings. The van der Waals surface area contributed by atoms with Gasteiger partial charge in [-0.25, -0.2) is 4.79 Å². The van der Waals surface area contributed by atoms with E-state index in [9.17, 15) is 19.8 Å². The van der Waals surface area contributed by atoms with E-state index in [1.54, 1.807) is 18.2 Å². The molecule has 2 aromatic carbocycles. The molecule has 0 unspecified atom stereocenters. The van der Waals surface area contributed by atoms with Crippen molar-refractivity contribution in [1.82, 2.24) is 9.97 Å². The van der Waals surface area contributed by atoms with E-state index in [0.29, 0.717) is 16.7 Å². The summed E-state index contributed by atoms with van der Waals surface area (Å²) in [4.78, 5) is 28.4. The van der Waals surface area contributed by atoms with E-state index >= 15 is 0 Å². The minimum Gasteiger partial charge on any atom is -0.504 e. The fourth-order valence-corrected chi connectivity index (χ4v) is 1.98. The number of anilines is 1. The van der Waals surface area contributed by atoms with Crippen molar-refractivity contribution in [2.45, 2.75) is 0 Å². The zero-order chi connectivity index (χ0) is 15.0. The molecule has 0 atom stereocenters. The molecule has 0 fully saturated rings. The van der Waals surface area contributed by atoms with Gasteiger partial charge in [-0.05, 0) is 36.4 Å². The highest BCUT2D eigenvalue weighted by atomic mass is 16.3. The van der Waals surface area contributed by atoms with Crippen LogP contribution in [0.5, 0.6) is 11.5 Å². The van der Waals surface area contributed by atoms with Crippen LogP contribution < -0.4 is 11.0 Å². The van der Waals surface area contributed by atoms with Crippen LogP contribution in [0.1, 0.15) is 10.4 Å². The summed E-state index contributed by atoms with van der Waals surface area (Å²) in [5.74, 6) is -1.10. The highest BCUT2D eigenvalue weighted by Gasteiger charge is 2.10. The van der Waals surface area contributed by atoms with Gasteiger partial charge in [0.25, 0.3) is 5.91 Å². The third-order valence-corrected chi connectivity index (χ3v) is 3.01. The number of carbonyl (C=O) groups excluding carboxylic acids is 1. The highest BCUT2D eigenvalue weighted by Crippen LogP contribution is 2.25. The van der Waals surface area contributed by atoms with Crippen LogP contribution in [0.25, 0.3) is 11.0 Å². The largest absolute Gasteiger partial charge is 0.504 e. The molecule has 0 saturated heterocycles. The molecule has 0 spiro atoms. The van der Waals surface area contributed by atoms with Gasteiger partial charge < -0.3 is 25.5 Å². The number of aromatic hydroxyl groups is 2. The molecule has 1 amide bonds. The summed E-state index contributed by atoms with van der Waals surface area (Å²) in [6, 6.07) is 8.71. The Morgan fingerprint density at radius 1 is 0.952 bits per heavy atom. The lowest BCUT2D eigenvalue weighted by Crippen LogP contribution is -2.11. The molecule has 0 aliphatic rings. The third kappa shape index (κ3) is 2.44. The first kappa shape index (κ1) is 12.8. The Bertz CT molecular complexity index is 895. The van der Waals surface area contributed by atoms with Crippen molar-refractivity contribution in [2.75, 3.05) is 5.32 Å². The van der Waals surface area contributed by atoms with Crippen LogP contribution in [0.15, 0.2) is 41.2 Å². The monoisotopic (exact) mass is 285 g/mol. The maximum Gasteiger partial charge on any atom is 0.323 e. The molecule has 0 bridgehead atoms. The molecule has 0 saturated carbocycles. The fourth-order valence-electron chi connectivity index (χ4n) is 1.98. The first-order chi connectivity index (χ1) is 10.0. The van der Waals surface area contributed by atoms with Crippen molar-refractivity contribution in [3.05, 3.63) is 52.4 Å². The van der Waals surface area contributed by atoms with Crippen LogP contribution in [0.2, 0.25) is 0 Å². The Hall–Kier alpha value is -3.22. The SMILES string of the molecule is O=C(Nc1ccc2[nH]c(=O)[nH]c2c1)c1ccc(O)c(O)c1. The smallest absolute Gasteiger partial charge is 0.323 e. The van der Waals surface area contributed by atoms with E-state index < -0.39 is 5.91 Å². The lowest BCUT2D eigenvalue weighted by atomic mass is 10.2. The van der Waals surface area contributed by atoms with Gasteiger partial charge in [0.2, 0.25) is 0 Å². The van der Waals surface area contributed by atoms with E-state index in [-0.39, 0.29) is 22.8 Å². The number of rotatable bonds is 2. The van der Waals surface area contributed by atoms with Crippen LogP contribution >= 0.6 is 0 Å². The van der Waals surface area contributed by atoms with E-state index in [1.807, 2.05) is 0 Å². The number of fused-ring (bicyclic) bond motifs is 1. The van der Waals surface area contributed by atoms with E-state index in [2.05, 4.69) is 15.3 Å². The lowest BCUT2D eigenvalue weighted by molar-refractivity contribution is 0.102. The van der Waals surface area contributed by atoms with E-state index in [4.69, 9.17) is 0 Å². The number of amides is 1. The summed E-state index contributed by atoms with van der Waals surface area (Å²) in [6.45, 7) is 0. The second-order valence-corrected chi connectivity index (χ2v) is 4.50. The average molecular weight is 285 g/mol. The quantitative estimate of drug-likeness (QED) is 0.459. The number of hydrogen-bond acceptors (Lipinski definition) is 4. The van der Waals surface area contributed by atoms with Crippen molar-refractivity contribution in [2.24, 2.45) is 0 Å². The summed E-state index contributed by atoms with van der Waals surface area (Å²) < 4.78 is 0. The number of benzene rings is 2. The molecule has 1 aromatic heterocycles. The Morgan fingerprint density at radius 2 is 1.71 bits per heavy atom. The molecular weight excluding hydrogens is 274 g/mol. The van der Waals surface area contributed by atoms with Crippen LogP contribution in [0.3, 0.4) is 0 Å². The Kier molecular flexibility index (Phi) is 2.87. The number of imidazole rings is 1. The minimum absolute atomic E-state index is 0.202. The fraction of sp³-hybridized carbons (Fsp3) is 0. The molecule has 1 heterocycles. The van der Waals surface area contributed by atoms with Gasteiger partial charge in [0.1, 0.15) is 0 Å². The number of H-pyrrole nitrogens is 2. The Labute approximate surface area is 117 Å². The van der Waals surface area contributed by atoms with Crippen molar-refractivity contribution < 1.29 is 15.0 Å². The van der Waals surface area contributed by atoms with Crippen molar-refractivity contribution in [3.8, 4) is 11.5 Å². The summed E-state index contributed by atoms with van der Waals surface area (Å²) in [5.41, 5.74) is 1.59. The molecule has 5 N–H and O–H groups in total. The van der Waals surface area contributed by atoms with Gasteiger partial charge in [0, 0.05) is 11.3 Å². The standard InChI is InChI=1S/C14H11N3O4/c18-11-4-1-7(5-12(11)19)13(20)15-8-2-3-9-10(6-8)17-14(21)16-9/h1-6,18-19H,(H,15,20)(H2,16,17,21). The summed E-state index contributed by atoms with van der Waals surface area (Å²) in [7, 11) is 0. The predicted octanol–water partition coefficient (Wildman–Crippen LogP) is 1.52. The normalized spacial score (nSPS) is 10.7. The number of carbonyl (C=O) groups is 1. The maximum atomic E-state index is 12.0. The molecule has 0 aliphatic heterocycles. The van der Waals surface area contributed by atoms with E-state index in [0.717, 1.165) is 0 Å². The molecular formula is C14H11N3O4. The first-order valence-electron chi connectivity index (χ1n) is 6.08. The zero-order valence-corrected chi connectivity index (χ0v) is 10.7.